The molecule has 0 aromatic heterocycles. The first-order chi connectivity index (χ1) is 28.8. The minimum Gasteiger partial charge on any atom is -0.417 e. The first-order valence-electron chi connectivity index (χ1n) is 19.1. The molecule has 28 heteroatoms. The molecule has 0 radical (unpaired) electrons. The quantitative estimate of drug-likeness (QED) is 0.0568. The van der Waals surface area contributed by atoms with Crippen molar-refractivity contribution >= 4 is 36.0 Å². The average molecular weight is 888 g/mol. The Labute approximate surface area is 347 Å². The van der Waals surface area contributed by atoms with Gasteiger partial charge in [0, 0.05) is 60.0 Å². The lowest BCUT2D eigenvalue weighted by atomic mass is 9.97. The number of carbonyl (C=O) groups excluding carboxylic acids is 6. The SMILES string of the molecule is CC(=O)N[C@H]1[C@@H](OC(=O)NCCN(CCNC(=O)O[C@H]2O[C@H](CO)[C@@H](O)[C@H](O)[C@H]2NC(C)=O)CCNC(=O)O[C@H]2O[C@H](CO)[C@@H](O)[C@H](O)[C@H]2NC(C)=O)O[C@H](CO)[C@@H](O)[C@@H]1O. The maximum atomic E-state index is 12.8. The molecule has 6 amide bonds. The number of alkyl carbamates (subject to hydrolysis) is 3. The summed E-state index contributed by atoms with van der Waals surface area (Å²) < 4.78 is 31.8. The maximum absolute atomic E-state index is 12.8. The van der Waals surface area contributed by atoms with Crippen molar-refractivity contribution in [2.75, 3.05) is 59.1 Å². The van der Waals surface area contributed by atoms with E-state index in [9.17, 15) is 74.7 Å². The van der Waals surface area contributed by atoms with Crippen LogP contribution in [0.3, 0.4) is 0 Å². The first kappa shape index (κ1) is 51.1. The molecular weight excluding hydrogens is 830 g/mol. The fraction of sp³-hybridized carbons (Fsp3) is 0.818. The minimum atomic E-state index is -1.69. The van der Waals surface area contributed by atoms with E-state index in [-0.39, 0.29) is 39.3 Å². The van der Waals surface area contributed by atoms with Crippen LogP contribution in [0.5, 0.6) is 0 Å². The number of ether oxygens (including phenoxy) is 6. The van der Waals surface area contributed by atoms with Crippen LogP contribution in [0.25, 0.3) is 0 Å². The van der Waals surface area contributed by atoms with Gasteiger partial charge in [0.25, 0.3) is 0 Å². The summed E-state index contributed by atoms with van der Waals surface area (Å²) in [6.07, 6.45) is -22.4. The van der Waals surface area contributed by atoms with Crippen molar-refractivity contribution in [2.24, 2.45) is 0 Å². The van der Waals surface area contributed by atoms with Gasteiger partial charge in [-0.25, -0.2) is 14.4 Å². The van der Waals surface area contributed by atoms with Crippen LogP contribution in [0.1, 0.15) is 20.8 Å². The average Bonchev–Trinajstić information content (AvgIpc) is 3.19. The molecule has 350 valence electrons. The van der Waals surface area contributed by atoms with Crippen LogP contribution in [0.4, 0.5) is 14.4 Å². The molecule has 0 aromatic rings. The molecule has 0 aliphatic carbocycles. The predicted molar refractivity (Wildman–Crippen MR) is 196 cm³/mol. The number of aliphatic hydroxyl groups is 9. The van der Waals surface area contributed by atoms with Crippen LogP contribution in [0.2, 0.25) is 0 Å². The molecule has 0 spiro atoms. The van der Waals surface area contributed by atoms with Gasteiger partial charge in [-0.15, -0.1) is 0 Å². The highest BCUT2D eigenvalue weighted by molar-refractivity contribution is 5.74. The molecule has 3 heterocycles. The second-order valence-corrected chi connectivity index (χ2v) is 14.1. The number of amides is 6. The number of aliphatic hydroxyl groups excluding tert-OH is 9. The van der Waals surface area contributed by atoms with Crippen molar-refractivity contribution in [2.45, 2.75) is 113 Å². The van der Waals surface area contributed by atoms with Gasteiger partial charge in [-0.3, -0.25) is 19.3 Å². The highest BCUT2D eigenvalue weighted by Gasteiger charge is 2.49. The van der Waals surface area contributed by atoms with Crippen molar-refractivity contribution in [1.82, 2.24) is 36.8 Å². The predicted octanol–water partition coefficient (Wildman–Crippen LogP) is -8.70. The molecule has 61 heavy (non-hydrogen) atoms. The summed E-state index contributed by atoms with van der Waals surface area (Å²) in [5, 5.41) is 105. The van der Waals surface area contributed by atoms with Gasteiger partial charge in [0.2, 0.25) is 36.6 Å². The van der Waals surface area contributed by atoms with E-state index in [0.29, 0.717) is 0 Å². The van der Waals surface area contributed by atoms with E-state index in [2.05, 4.69) is 31.9 Å². The third kappa shape index (κ3) is 14.9. The van der Waals surface area contributed by atoms with Crippen LogP contribution >= 0.6 is 0 Å². The van der Waals surface area contributed by atoms with Crippen LogP contribution in [0, 0.1) is 0 Å². The fourth-order valence-corrected chi connectivity index (χ4v) is 6.44. The normalized spacial score (nSPS) is 33.7. The van der Waals surface area contributed by atoms with Crippen molar-refractivity contribution in [3.05, 3.63) is 0 Å². The second-order valence-electron chi connectivity index (χ2n) is 14.1. The molecule has 0 saturated carbocycles. The highest BCUT2D eigenvalue weighted by atomic mass is 16.7. The third-order valence-corrected chi connectivity index (χ3v) is 9.51. The third-order valence-electron chi connectivity index (χ3n) is 9.51. The molecule has 0 unspecified atom stereocenters. The summed E-state index contributed by atoms with van der Waals surface area (Å²) in [5.74, 6) is -1.97. The monoisotopic (exact) mass is 887 g/mol. The van der Waals surface area contributed by atoms with Crippen molar-refractivity contribution in [3.63, 3.8) is 0 Å². The van der Waals surface area contributed by atoms with E-state index in [0.717, 1.165) is 20.8 Å². The zero-order chi connectivity index (χ0) is 45.6. The van der Waals surface area contributed by atoms with Crippen LogP contribution in [0.15, 0.2) is 0 Å². The van der Waals surface area contributed by atoms with Gasteiger partial charge >= 0.3 is 18.3 Å². The molecular formula is C33H57N7O21. The Morgan fingerprint density at radius 1 is 0.459 bits per heavy atom. The Morgan fingerprint density at radius 3 is 0.918 bits per heavy atom. The zero-order valence-electron chi connectivity index (χ0n) is 33.4. The molecule has 3 aliphatic rings. The Bertz CT molecular complexity index is 1300. The highest BCUT2D eigenvalue weighted by Crippen LogP contribution is 2.25. The largest absolute Gasteiger partial charge is 0.417 e. The summed E-state index contributed by atoms with van der Waals surface area (Å²) in [6.45, 7) is 0.388. The smallest absolute Gasteiger partial charge is 0.409 e. The van der Waals surface area contributed by atoms with Gasteiger partial charge in [0.15, 0.2) is 0 Å². The summed E-state index contributed by atoms with van der Waals surface area (Å²) >= 11 is 0. The van der Waals surface area contributed by atoms with E-state index < -0.39 is 148 Å². The Morgan fingerprint density at radius 2 is 0.705 bits per heavy atom. The molecule has 3 aliphatic heterocycles. The summed E-state index contributed by atoms with van der Waals surface area (Å²) in [5.41, 5.74) is 0. The van der Waals surface area contributed by atoms with Crippen LogP contribution in [-0.2, 0) is 42.8 Å². The number of rotatable bonds is 18. The number of hydrogen-bond acceptors (Lipinski definition) is 22. The van der Waals surface area contributed by atoms with Crippen LogP contribution in [-0.4, -0.2) is 238 Å². The van der Waals surface area contributed by atoms with Gasteiger partial charge in [-0.05, 0) is 0 Å². The van der Waals surface area contributed by atoms with E-state index in [1.54, 1.807) is 4.90 Å². The Hall–Kier alpha value is -4.30. The van der Waals surface area contributed by atoms with E-state index in [1.165, 1.54) is 0 Å². The van der Waals surface area contributed by atoms with Crippen molar-refractivity contribution in [3.8, 4) is 0 Å². The first-order valence-corrected chi connectivity index (χ1v) is 19.1. The van der Waals surface area contributed by atoms with E-state index in [4.69, 9.17) is 28.4 Å². The zero-order valence-corrected chi connectivity index (χ0v) is 33.4. The molecule has 3 saturated heterocycles. The van der Waals surface area contributed by atoms with Gasteiger partial charge in [0.1, 0.15) is 73.1 Å². The number of hydrogen-bond donors (Lipinski definition) is 15. The Balaban J connectivity index is 1.64. The molecule has 3 rings (SSSR count). The van der Waals surface area contributed by atoms with Gasteiger partial charge < -0.3 is 106 Å². The summed E-state index contributed by atoms with van der Waals surface area (Å²) in [6, 6.07) is -4.25. The Kier molecular flexibility index (Phi) is 20.4. The second kappa shape index (κ2) is 24.4. The molecule has 15 N–H and O–H groups in total. The molecule has 15 atom stereocenters. The van der Waals surface area contributed by atoms with E-state index in [1.807, 2.05) is 0 Å². The van der Waals surface area contributed by atoms with Gasteiger partial charge in [-0.2, -0.15) is 0 Å². The fourth-order valence-electron chi connectivity index (χ4n) is 6.44. The molecule has 28 nitrogen and oxygen atoms in total. The molecule has 3 fully saturated rings. The number of nitrogens with zero attached hydrogens (tertiary/aromatic N) is 1. The minimum absolute atomic E-state index is 0.0268. The topological polar surface area (TPSA) is 415 Å². The van der Waals surface area contributed by atoms with Gasteiger partial charge in [-0.1, -0.05) is 0 Å². The lowest BCUT2D eigenvalue weighted by Crippen LogP contribution is -2.65. The lowest BCUT2D eigenvalue weighted by Gasteiger charge is -2.41. The van der Waals surface area contributed by atoms with Crippen molar-refractivity contribution < 1.29 is 103 Å². The number of nitrogens with one attached hydrogen (secondary N) is 6. The lowest BCUT2D eigenvalue weighted by molar-refractivity contribution is -0.252. The van der Waals surface area contributed by atoms with Crippen LogP contribution < -0.4 is 31.9 Å². The van der Waals surface area contributed by atoms with Gasteiger partial charge in [0.05, 0.1) is 19.8 Å². The number of carbonyl (C=O) groups is 6. The standard InChI is InChI=1S/C33H57N7O21/c1-13(44)37-19-25(50)22(47)16(10-41)56-28(19)59-31(53)34-4-7-40(8-5-35-32(54)60-29-20(38-14(2)45)26(51)23(48)17(11-42)57-29)9-6-36-33(55)61-30-21(39-15(3)46)27(52)24(49)18(12-43)58-30/h16-30,41-43,47-52H,4-12H2,1-3H3,(H,34,53)(H,35,54)(H,36,55)(H,37,44)(H,38,45)(H,39,46)/t16-,17-,18-,19-,20-,21-,22-,23-,24-,25-,26-,27-,28-,29-,30-/m1/s1. The molecule has 0 bridgehead atoms. The van der Waals surface area contributed by atoms with E-state index >= 15 is 0 Å². The summed E-state index contributed by atoms with van der Waals surface area (Å²) in [4.78, 5) is 75.1. The summed E-state index contributed by atoms with van der Waals surface area (Å²) in [7, 11) is 0. The molecule has 0 aromatic carbocycles. The maximum Gasteiger partial charge on any atom is 0.409 e. The van der Waals surface area contributed by atoms with Crippen molar-refractivity contribution in [1.29, 1.82) is 0 Å².